The number of nitrogens with zero attached hydrogens (tertiary/aromatic N) is 1. The summed E-state index contributed by atoms with van der Waals surface area (Å²) in [5, 5.41) is 1.07. The molecule has 3 nitrogen and oxygen atoms in total. The Hall–Kier alpha value is -1.91. The third-order valence-corrected chi connectivity index (χ3v) is 4.43. The molecule has 2 atom stereocenters. The SMILES string of the molecule is Cc1ccc(C(Oc2cccc3cccnc23)C(C)N)s1. The van der Waals surface area contributed by atoms with Gasteiger partial charge >= 0.3 is 0 Å². The molecule has 2 heterocycles. The first kappa shape index (κ1) is 14.0. The highest BCUT2D eigenvalue weighted by atomic mass is 32.1. The molecular formula is C17H18N2OS. The van der Waals surface area contributed by atoms with Crippen LogP contribution in [0.1, 0.15) is 22.8 Å². The van der Waals surface area contributed by atoms with Crippen LogP contribution in [0.3, 0.4) is 0 Å². The molecule has 0 bridgehead atoms. The van der Waals surface area contributed by atoms with E-state index in [2.05, 4.69) is 24.0 Å². The van der Waals surface area contributed by atoms with Crippen molar-refractivity contribution in [1.82, 2.24) is 4.98 Å². The zero-order valence-corrected chi connectivity index (χ0v) is 12.9. The van der Waals surface area contributed by atoms with Gasteiger partial charge in [0.2, 0.25) is 0 Å². The van der Waals surface area contributed by atoms with Gasteiger partial charge < -0.3 is 10.5 Å². The first-order chi connectivity index (χ1) is 10.1. The fraction of sp³-hybridized carbons (Fsp3) is 0.235. The second-order valence-corrected chi connectivity index (χ2v) is 6.50. The molecule has 0 radical (unpaired) electrons. The predicted molar refractivity (Wildman–Crippen MR) is 87.8 cm³/mol. The summed E-state index contributed by atoms with van der Waals surface area (Å²) in [6.45, 7) is 4.06. The molecule has 2 N–H and O–H groups in total. The van der Waals surface area contributed by atoms with Crippen LogP contribution in [-0.4, -0.2) is 11.0 Å². The Morgan fingerprint density at radius 1 is 1.14 bits per heavy atom. The minimum atomic E-state index is -0.156. The van der Waals surface area contributed by atoms with Crippen molar-refractivity contribution < 1.29 is 4.74 Å². The van der Waals surface area contributed by atoms with E-state index in [1.807, 2.05) is 37.3 Å². The number of aromatic nitrogens is 1. The minimum absolute atomic E-state index is 0.0954. The number of thiophene rings is 1. The van der Waals surface area contributed by atoms with Crippen LogP contribution in [0.25, 0.3) is 10.9 Å². The van der Waals surface area contributed by atoms with Gasteiger partial charge in [-0.1, -0.05) is 18.2 Å². The minimum Gasteiger partial charge on any atom is -0.481 e. The maximum absolute atomic E-state index is 6.21. The molecule has 0 aliphatic carbocycles. The van der Waals surface area contributed by atoms with Crippen molar-refractivity contribution in [2.45, 2.75) is 26.0 Å². The van der Waals surface area contributed by atoms with Gasteiger partial charge in [0.15, 0.2) is 0 Å². The van der Waals surface area contributed by atoms with E-state index in [9.17, 15) is 0 Å². The molecule has 0 saturated heterocycles. The van der Waals surface area contributed by atoms with Crippen LogP contribution in [0, 0.1) is 6.92 Å². The summed E-state index contributed by atoms with van der Waals surface area (Å²) in [6.07, 6.45) is 1.63. The summed E-state index contributed by atoms with van der Waals surface area (Å²) >= 11 is 1.72. The zero-order valence-electron chi connectivity index (χ0n) is 12.1. The number of para-hydroxylation sites is 1. The number of rotatable bonds is 4. The highest BCUT2D eigenvalue weighted by Crippen LogP contribution is 2.32. The Labute approximate surface area is 128 Å². The molecule has 0 saturated carbocycles. The fourth-order valence-electron chi connectivity index (χ4n) is 2.34. The summed E-state index contributed by atoms with van der Waals surface area (Å²) < 4.78 is 6.21. The number of hydrogen-bond donors (Lipinski definition) is 1. The molecule has 0 aliphatic heterocycles. The van der Waals surface area contributed by atoms with E-state index in [1.165, 1.54) is 4.88 Å². The van der Waals surface area contributed by atoms with E-state index < -0.39 is 0 Å². The first-order valence-corrected chi connectivity index (χ1v) is 7.79. The lowest BCUT2D eigenvalue weighted by atomic mass is 10.1. The Kier molecular flexibility index (Phi) is 3.90. The maximum atomic E-state index is 6.21. The highest BCUT2D eigenvalue weighted by Gasteiger charge is 2.21. The average Bonchev–Trinajstić information content (AvgIpc) is 2.90. The van der Waals surface area contributed by atoms with Crippen molar-refractivity contribution in [3.63, 3.8) is 0 Å². The van der Waals surface area contributed by atoms with Crippen molar-refractivity contribution >= 4 is 22.2 Å². The van der Waals surface area contributed by atoms with Gasteiger partial charge in [-0.05, 0) is 38.1 Å². The number of aryl methyl sites for hydroxylation is 1. The molecule has 2 unspecified atom stereocenters. The standard InChI is InChI=1S/C17H18N2OS/c1-11-8-9-15(21-11)17(12(2)18)20-14-7-3-5-13-6-4-10-19-16(13)14/h3-10,12,17H,18H2,1-2H3. The summed E-state index contributed by atoms with van der Waals surface area (Å²) in [5.41, 5.74) is 7.01. The molecule has 108 valence electrons. The largest absolute Gasteiger partial charge is 0.481 e. The number of pyridine rings is 1. The van der Waals surface area contributed by atoms with Gasteiger partial charge in [-0.2, -0.15) is 0 Å². The fourth-order valence-corrected chi connectivity index (χ4v) is 3.36. The first-order valence-electron chi connectivity index (χ1n) is 6.97. The molecule has 4 heteroatoms. The molecule has 0 aliphatic rings. The van der Waals surface area contributed by atoms with Crippen LogP contribution in [0.15, 0.2) is 48.7 Å². The molecule has 3 aromatic rings. The van der Waals surface area contributed by atoms with Crippen molar-refractivity contribution in [1.29, 1.82) is 0 Å². The third kappa shape index (κ3) is 2.91. The van der Waals surface area contributed by atoms with Crippen molar-refractivity contribution in [3.8, 4) is 5.75 Å². The van der Waals surface area contributed by atoms with Gasteiger partial charge in [0.05, 0.1) is 0 Å². The molecule has 2 aromatic heterocycles. The van der Waals surface area contributed by atoms with E-state index in [1.54, 1.807) is 17.5 Å². The van der Waals surface area contributed by atoms with Gasteiger partial charge in [-0.3, -0.25) is 4.98 Å². The number of hydrogen-bond acceptors (Lipinski definition) is 4. The van der Waals surface area contributed by atoms with E-state index in [-0.39, 0.29) is 12.1 Å². The molecular weight excluding hydrogens is 280 g/mol. The second kappa shape index (κ2) is 5.84. The number of benzene rings is 1. The zero-order chi connectivity index (χ0) is 14.8. The summed E-state index contributed by atoms with van der Waals surface area (Å²) in [7, 11) is 0. The van der Waals surface area contributed by atoms with Crippen molar-refractivity contribution in [2.75, 3.05) is 0 Å². The lowest BCUT2D eigenvalue weighted by Gasteiger charge is -2.22. The summed E-state index contributed by atoms with van der Waals surface area (Å²) in [5.74, 6) is 0.779. The van der Waals surface area contributed by atoms with Crippen molar-refractivity contribution in [3.05, 3.63) is 58.4 Å². The Morgan fingerprint density at radius 2 is 1.95 bits per heavy atom. The van der Waals surface area contributed by atoms with Gasteiger partial charge in [0, 0.05) is 27.4 Å². The monoisotopic (exact) mass is 298 g/mol. The van der Waals surface area contributed by atoms with Gasteiger partial charge in [-0.15, -0.1) is 11.3 Å². The number of ether oxygens (including phenoxy) is 1. The van der Waals surface area contributed by atoms with E-state index in [0.29, 0.717) is 0 Å². The van der Waals surface area contributed by atoms with Gasteiger partial charge in [0.1, 0.15) is 17.4 Å². The normalized spacial score (nSPS) is 14.0. The maximum Gasteiger partial charge on any atom is 0.148 e. The van der Waals surface area contributed by atoms with Crippen LogP contribution in [0.4, 0.5) is 0 Å². The summed E-state index contributed by atoms with van der Waals surface area (Å²) in [4.78, 5) is 6.84. The van der Waals surface area contributed by atoms with E-state index in [4.69, 9.17) is 10.5 Å². The molecule has 3 rings (SSSR count). The molecule has 0 fully saturated rings. The van der Waals surface area contributed by atoms with Gasteiger partial charge in [-0.25, -0.2) is 0 Å². The van der Waals surface area contributed by atoms with Crippen LogP contribution >= 0.6 is 11.3 Å². The lowest BCUT2D eigenvalue weighted by Crippen LogP contribution is -2.28. The topological polar surface area (TPSA) is 48.1 Å². The predicted octanol–water partition coefficient (Wildman–Crippen LogP) is 4.07. The van der Waals surface area contributed by atoms with Crippen LogP contribution in [0.5, 0.6) is 5.75 Å². The van der Waals surface area contributed by atoms with Gasteiger partial charge in [0.25, 0.3) is 0 Å². The molecule has 21 heavy (non-hydrogen) atoms. The highest BCUT2D eigenvalue weighted by molar-refractivity contribution is 7.12. The van der Waals surface area contributed by atoms with Crippen LogP contribution in [0.2, 0.25) is 0 Å². The Morgan fingerprint density at radius 3 is 2.67 bits per heavy atom. The van der Waals surface area contributed by atoms with E-state index >= 15 is 0 Å². The van der Waals surface area contributed by atoms with Crippen LogP contribution in [-0.2, 0) is 0 Å². The van der Waals surface area contributed by atoms with Crippen LogP contribution < -0.4 is 10.5 Å². The second-order valence-electron chi connectivity index (χ2n) is 5.18. The van der Waals surface area contributed by atoms with E-state index in [0.717, 1.165) is 21.5 Å². The Balaban J connectivity index is 1.99. The summed E-state index contributed by atoms with van der Waals surface area (Å²) in [6, 6.07) is 14.0. The average molecular weight is 298 g/mol. The number of fused-ring (bicyclic) bond motifs is 1. The third-order valence-electron chi connectivity index (χ3n) is 3.37. The molecule has 0 amide bonds. The van der Waals surface area contributed by atoms with Crippen molar-refractivity contribution in [2.24, 2.45) is 5.73 Å². The Bertz CT molecular complexity index is 746. The lowest BCUT2D eigenvalue weighted by molar-refractivity contribution is 0.186. The smallest absolute Gasteiger partial charge is 0.148 e. The number of nitrogens with two attached hydrogens (primary N) is 1. The quantitative estimate of drug-likeness (QED) is 0.789. The molecule has 0 spiro atoms. The molecule has 1 aromatic carbocycles.